The molecule has 4 nitrogen and oxygen atoms in total. The van der Waals surface area contributed by atoms with Gasteiger partial charge in [-0.05, 0) is 28.7 Å². The van der Waals surface area contributed by atoms with Gasteiger partial charge in [-0.25, -0.2) is 18.6 Å². The maximum Gasteiger partial charge on any atom is 0.357 e. The molecule has 0 aliphatic rings. The molecule has 1 heterocycles. The first-order chi connectivity index (χ1) is 7.51. The van der Waals surface area contributed by atoms with Crippen LogP contribution in [-0.4, -0.2) is 18.1 Å². The molecule has 1 rings (SSSR count). The molecule has 7 heteroatoms. The lowest BCUT2D eigenvalue weighted by molar-refractivity contribution is 0.0591. The molecule has 0 unspecified atom stereocenters. The molecule has 1 aromatic rings. The summed E-state index contributed by atoms with van der Waals surface area (Å²) in [5, 5.41) is 8.64. The van der Waals surface area contributed by atoms with Crippen molar-refractivity contribution in [1.82, 2.24) is 4.98 Å². The SMILES string of the molecule is COC(=O)c1nc(C(F)F)c(C#N)cc1I. The van der Waals surface area contributed by atoms with E-state index in [9.17, 15) is 13.6 Å². The minimum absolute atomic E-state index is 0.211. The van der Waals surface area contributed by atoms with Crippen LogP contribution in [0.5, 0.6) is 0 Å². The predicted octanol–water partition coefficient (Wildman–Crippen LogP) is 2.28. The van der Waals surface area contributed by atoms with Gasteiger partial charge in [-0.15, -0.1) is 0 Å². The van der Waals surface area contributed by atoms with Crippen LogP contribution >= 0.6 is 22.6 Å². The number of pyridine rings is 1. The van der Waals surface area contributed by atoms with Crippen LogP contribution in [0.3, 0.4) is 0 Å². The Morgan fingerprint density at radius 1 is 1.69 bits per heavy atom. The number of nitrogens with zero attached hydrogens (tertiary/aromatic N) is 2. The first-order valence-corrected chi connectivity index (χ1v) is 5.06. The molecular weight excluding hydrogens is 333 g/mol. The number of carbonyl (C=O) groups is 1. The van der Waals surface area contributed by atoms with Gasteiger partial charge in [0.05, 0.1) is 12.7 Å². The highest BCUT2D eigenvalue weighted by Crippen LogP contribution is 2.24. The number of hydrogen-bond acceptors (Lipinski definition) is 4. The number of nitriles is 1. The Labute approximate surface area is 103 Å². The average Bonchev–Trinajstić information content (AvgIpc) is 2.27. The number of aromatic nitrogens is 1. The number of esters is 1. The van der Waals surface area contributed by atoms with Crippen LogP contribution in [0.4, 0.5) is 8.78 Å². The summed E-state index contributed by atoms with van der Waals surface area (Å²) in [4.78, 5) is 14.7. The third-order valence-electron chi connectivity index (χ3n) is 1.71. The van der Waals surface area contributed by atoms with Gasteiger partial charge in [-0.3, -0.25) is 0 Å². The number of methoxy groups -OCH3 is 1. The summed E-state index contributed by atoms with van der Waals surface area (Å²) in [6.45, 7) is 0. The first-order valence-electron chi connectivity index (χ1n) is 3.98. The van der Waals surface area contributed by atoms with E-state index in [-0.39, 0.29) is 11.3 Å². The van der Waals surface area contributed by atoms with Gasteiger partial charge in [0.2, 0.25) is 0 Å². The molecular formula is C9H5F2IN2O2. The van der Waals surface area contributed by atoms with E-state index in [1.54, 1.807) is 28.7 Å². The standard InChI is InChI=1S/C9H5F2IN2O2/c1-16-9(15)7-5(12)2-4(3-13)6(14-7)8(10)11/h2,8H,1H3. The fourth-order valence-electron chi connectivity index (χ4n) is 0.999. The highest BCUT2D eigenvalue weighted by atomic mass is 127. The molecule has 0 aromatic carbocycles. The van der Waals surface area contributed by atoms with Crippen LogP contribution in [0, 0.1) is 14.9 Å². The Morgan fingerprint density at radius 2 is 2.31 bits per heavy atom. The predicted molar refractivity (Wildman–Crippen MR) is 58.0 cm³/mol. The Bertz CT molecular complexity index is 471. The summed E-state index contributed by atoms with van der Waals surface area (Å²) < 4.78 is 29.7. The Balaban J connectivity index is 3.40. The number of halogens is 3. The minimum atomic E-state index is -2.91. The lowest BCUT2D eigenvalue weighted by atomic mass is 10.2. The quantitative estimate of drug-likeness (QED) is 0.613. The highest BCUT2D eigenvalue weighted by molar-refractivity contribution is 14.1. The third kappa shape index (κ3) is 2.44. The van der Waals surface area contributed by atoms with Crippen molar-refractivity contribution in [3.05, 3.63) is 26.6 Å². The summed E-state index contributed by atoms with van der Waals surface area (Å²) in [6.07, 6.45) is -2.91. The topological polar surface area (TPSA) is 63.0 Å². The zero-order valence-electron chi connectivity index (χ0n) is 8.00. The summed E-state index contributed by atoms with van der Waals surface area (Å²) in [5.41, 5.74) is -1.16. The van der Waals surface area contributed by atoms with Gasteiger partial charge in [-0.1, -0.05) is 0 Å². The second-order valence-electron chi connectivity index (χ2n) is 2.66. The molecule has 0 aliphatic carbocycles. The number of carbonyl (C=O) groups excluding carboxylic acids is 1. The van der Waals surface area contributed by atoms with E-state index < -0.39 is 18.1 Å². The van der Waals surface area contributed by atoms with Crippen LogP contribution < -0.4 is 0 Å². The average molecular weight is 338 g/mol. The second-order valence-corrected chi connectivity index (χ2v) is 3.82. The van der Waals surface area contributed by atoms with E-state index in [1.165, 1.54) is 6.07 Å². The van der Waals surface area contributed by atoms with Crippen molar-refractivity contribution in [3.8, 4) is 6.07 Å². The Hall–Kier alpha value is -1.30. The molecule has 0 saturated heterocycles. The van der Waals surface area contributed by atoms with Crippen molar-refractivity contribution in [2.45, 2.75) is 6.43 Å². The smallest absolute Gasteiger partial charge is 0.357 e. The van der Waals surface area contributed by atoms with Gasteiger partial charge in [0, 0.05) is 3.57 Å². The van der Waals surface area contributed by atoms with Crippen molar-refractivity contribution >= 4 is 28.6 Å². The summed E-state index contributed by atoms with van der Waals surface area (Å²) in [6, 6.07) is 2.78. The minimum Gasteiger partial charge on any atom is -0.464 e. The first kappa shape index (κ1) is 12.8. The van der Waals surface area contributed by atoms with Crippen LogP contribution in [0.25, 0.3) is 0 Å². The maximum atomic E-state index is 12.5. The van der Waals surface area contributed by atoms with E-state index in [2.05, 4.69) is 9.72 Å². The summed E-state index contributed by atoms with van der Waals surface area (Å²) >= 11 is 1.73. The maximum absolute atomic E-state index is 12.5. The fraction of sp³-hybridized carbons (Fsp3) is 0.222. The van der Waals surface area contributed by atoms with E-state index >= 15 is 0 Å². The second kappa shape index (κ2) is 5.16. The fourth-order valence-corrected chi connectivity index (χ4v) is 1.65. The largest absolute Gasteiger partial charge is 0.464 e. The van der Waals surface area contributed by atoms with Gasteiger partial charge in [0.25, 0.3) is 6.43 Å². The van der Waals surface area contributed by atoms with E-state index in [0.717, 1.165) is 7.11 Å². The van der Waals surface area contributed by atoms with Crippen LogP contribution in [0.1, 0.15) is 28.2 Å². The van der Waals surface area contributed by atoms with E-state index in [4.69, 9.17) is 5.26 Å². The normalized spacial score (nSPS) is 10.0. The van der Waals surface area contributed by atoms with Crippen molar-refractivity contribution in [2.24, 2.45) is 0 Å². The molecule has 0 N–H and O–H groups in total. The highest BCUT2D eigenvalue weighted by Gasteiger charge is 2.21. The van der Waals surface area contributed by atoms with Crippen molar-refractivity contribution < 1.29 is 18.3 Å². The lowest BCUT2D eigenvalue weighted by Crippen LogP contribution is -2.10. The van der Waals surface area contributed by atoms with E-state index in [1.807, 2.05) is 0 Å². The van der Waals surface area contributed by atoms with E-state index in [0.29, 0.717) is 3.57 Å². The molecule has 84 valence electrons. The molecule has 0 fully saturated rings. The van der Waals surface area contributed by atoms with Crippen LogP contribution in [-0.2, 0) is 4.74 Å². The van der Waals surface area contributed by atoms with Gasteiger partial charge >= 0.3 is 5.97 Å². The Kier molecular flexibility index (Phi) is 4.12. The monoisotopic (exact) mass is 338 g/mol. The molecule has 16 heavy (non-hydrogen) atoms. The molecule has 0 atom stereocenters. The zero-order valence-corrected chi connectivity index (χ0v) is 10.2. The molecule has 0 spiro atoms. The number of ether oxygens (including phenoxy) is 1. The molecule has 0 bridgehead atoms. The molecule has 0 aliphatic heterocycles. The Morgan fingerprint density at radius 3 is 2.75 bits per heavy atom. The lowest BCUT2D eigenvalue weighted by Gasteiger charge is -2.06. The van der Waals surface area contributed by atoms with Gasteiger partial charge in [0.1, 0.15) is 11.8 Å². The zero-order chi connectivity index (χ0) is 12.3. The third-order valence-corrected chi connectivity index (χ3v) is 2.53. The molecule has 0 radical (unpaired) electrons. The molecule has 0 saturated carbocycles. The van der Waals surface area contributed by atoms with Crippen molar-refractivity contribution in [3.63, 3.8) is 0 Å². The number of alkyl halides is 2. The van der Waals surface area contributed by atoms with Crippen LogP contribution in [0.15, 0.2) is 6.07 Å². The summed E-state index contributed by atoms with van der Waals surface area (Å²) in [5.74, 6) is -0.809. The molecule has 0 amide bonds. The van der Waals surface area contributed by atoms with Crippen LogP contribution in [0.2, 0.25) is 0 Å². The van der Waals surface area contributed by atoms with Crippen molar-refractivity contribution in [2.75, 3.05) is 7.11 Å². The number of rotatable bonds is 2. The van der Waals surface area contributed by atoms with Gasteiger partial charge in [0.15, 0.2) is 5.69 Å². The van der Waals surface area contributed by atoms with Gasteiger partial charge < -0.3 is 4.74 Å². The van der Waals surface area contributed by atoms with Gasteiger partial charge in [-0.2, -0.15) is 5.26 Å². The molecule has 1 aromatic heterocycles. The summed E-state index contributed by atoms with van der Waals surface area (Å²) in [7, 11) is 1.13. The number of hydrogen-bond donors (Lipinski definition) is 0. The van der Waals surface area contributed by atoms with Crippen molar-refractivity contribution in [1.29, 1.82) is 5.26 Å².